The minimum absolute atomic E-state index is 0.0821. The maximum Gasteiger partial charge on any atom is 0.315 e. The normalized spacial score (nSPS) is 24.5. The van der Waals surface area contributed by atoms with Crippen molar-refractivity contribution in [2.45, 2.75) is 64.5 Å². The van der Waals surface area contributed by atoms with E-state index in [1.807, 2.05) is 0 Å². The summed E-state index contributed by atoms with van der Waals surface area (Å²) in [7, 11) is 0. The van der Waals surface area contributed by atoms with E-state index in [0.29, 0.717) is 0 Å². The predicted octanol–water partition coefficient (Wildman–Crippen LogP) is 1.48. The molecule has 20 heavy (non-hydrogen) atoms. The number of urea groups is 1. The van der Waals surface area contributed by atoms with Gasteiger partial charge in [0, 0.05) is 12.6 Å². The van der Waals surface area contributed by atoms with Gasteiger partial charge in [-0.3, -0.25) is 4.79 Å². The molecule has 0 saturated heterocycles. The summed E-state index contributed by atoms with van der Waals surface area (Å²) >= 11 is 0. The molecule has 1 aliphatic carbocycles. The minimum atomic E-state index is -1.44. The molecular weight excluding hydrogens is 260 g/mol. The average Bonchev–Trinajstić information content (AvgIpc) is 2.23. The van der Waals surface area contributed by atoms with Crippen LogP contribution in [0.3, 0.4) is 0 Å². The smallest absolute Gasteiger partial charge is 0.315 e. The summed E-state index contributed by atoms with van der Waals surface area (Å²) in [6.07, 6.45) is 3.76. The molecule has 0 bridgehead atoms. The minimum Gasteiger partial charge on any atom is -0.481 e. The highest BCUT2D eigenvalue weighted by atomic mass is 16.4. The number of aliphatic carboxylic acids is 1. The molecule has 2 unspecified atom stereocenters. The first-order chi connectivity index (χ1) is 9.10. The third kappa shape index (κ3) is 6.23. The average molecular weight is 286 g/mol. The van der Waals surface area contributed by atoms with Crippen LogP contribution in [0.2, 0.25) is 0 Å². The molecule has 0 aromatic heterocycles. The third-order valence-electron chi connectivity index (χ3n) is 3.70. The summed E-state index contributed by atoms with van der Waals surface area (Å²) in [5.74, 6) is -1.09. The van der Waals surface area contributed by atoms with Crippen LogP contribution in [0, 0.1) is 5.41 Å². The van der Waals surface area contributed by atoms with E-state index in [4.69, 9.17) is 5.11 Å². The highest BCUT2D eigenvalue weighted by molar-refractivity contribution is 5.74. The van der Waals surface area contributed by atoms with Gasteiger partial charge >= 0.3 is 12.0 Å². The zero-order chi connectivity index (χ0) is 15.4. The number of hydrogen-bond acceptors (Lipinski definition) is 3. The van der Waals surface area contributed by atoms with E-state index < -0.39 is 18.0 Å². The van der Waals surface area contributed by atoms with Gasteiger partial charge in [0.15, 0.2) is 0 Å². The van der Waals surface area contributed by atoms with Crippen LogP contribution < -0.4 is 10.6 Å². The standard InChI is InChI=1S/C14H26N2O4/c1-13(2)6-4-5-10(7-13)16-12(19)15-9-14(3,20)8-11(17)18/h10,20H,4-9H2,1-3H3,(H,17,18)(H2,15,16,19). The van der Waals surface area contributed by atoms with Crippen molar-refractivity contribution < 1.29 is 19.8 Å². The first-order valence-electron chi connectivity index (χ1n) is 7.08. The van der Waals surface area contributed by atoms with Crippen LogP contribution in [0.1, 0.15) is 52.9 Å². The van der Waals surface area contributed by atoms with Crippen LogP contribution in [-0.4, -0.2) is 40.4 Å². The molecule has 0 aliphatic heterocycles. The van der Waals surface area contributed by atoms with E-state index in [9.17, 15) is 14.7 Å². The molecule has 6 nitrogen and oxygen atoms in total. The van der Waals surface area contributed by atoms with Crippen LogP contribution in [0.25, 0.3) is 0 Å². The molecule has 1 aliphatic rings. The van der Waals surface area contributed by atoms with Crippen molar-refractivity contribution in [1.29, 1.82) is 0 Å². The number of aliphatic hydroxyl groups is 1. The molecule has 0 aromatic rings. The van der Waals surface area contributed by atoms with E-state index in [1.165, 1.54) is 13.3 Å². The van der Waals surface area contributed by atoms with Crippen molar-refractivity contribution in [3.63, 3.8) is 0 Å². The van der Waals surface area contributed by atoms with Crippen LogP contribution in [-0.2, 0) is 4.79 Å². The second-order valence-corrected chi connectivity index (χ2v) is 6.85. The van der Waals surface area contributed by atoms with Gasteiger partial charge in [0.25, 0.3) is 0 Å². The fourth-order valence-corrected chi connectivity index (χ4v) is 2.72. The van der Waals surface area contributed by atoms with Gasteiger partial charge in [-0.1, -0.05) is 20.3 Å². The molecule has 1 rings (SSSR count). The maximum atomic E-state index is 11.8. The maximum absolute atomic E-state index is 11.8. The molecular formula is C14H26N2O4. The van der Waals surface area contributed by atoms with Gasteiger partial charge in [-0.25, -0.2) is 4.79 Å². The number of amides is 2. The Hall–Kier alpha value is -1.30. The number of carbonyl (C=O) groups is 2. The summed E-state index contributed by atoms with van der Waals surface area (Å²) < 4.78 is 0. The number of rotatable bonds is 5. The quantitative estimate of drug-likeness (QED) is 0.615. The molecule has 116 valence electrons. The lowest BCUT2D eigenvalue weighted by Crippen LogP contribution is -2.49. The predicted molar refractivity (Wildman–Crippen MR) is 75.4 cm³/mol. The Bertz CT molecular complexity index is 366. The lowest BCUT2D eigenvalue weighted by atomic mass is 9.75. The number of hydrogen-bond donors (Lipinski definition) is 4. The van der Waals surface area contributed by atoms with Crippen LogP contribution in [0.15, 0.2) is 0 Å². The van der Waals surface area contributed by atoms with E-state index in [0.717, 1.165) is 19.3 Å². The van der Waals surface area contributed by atoms with E-state index in [2.05, 4.69) is 24.5 Å². The summed E-state index contributed by atoms with van der Waals surface area (Å²) in [6.45, 7) is 5.69. The van der Waals surface area contributed by atoms with Gasteiger partial charge in [0.05, 0.1) is 12.0 Å². The molecule has 6 heteroatoms. The fraction of sp³-hybridized carbons (Fsp3) is 0.857. The van der Waals surface area contributed by atoms with Crippen molar-refractivity contribution in [1.82, 2.24) is 10.6 Å². The molecule has 2 amide bonds. The van der Waals surface area contributed by atoms with Gasteiger partial charge < -0.3 is 20.8 Å². The van der Waals surface area contributed by atoms with Gasteiger partial charge in [-0.15, -0.1) is 0 Å². The fourth-order valence-electron chi connectivity index (χ4n) is 2.72. The molecule has 2 atom stereocenters. The Morgan fingerprint density at radius 1 is 1.40 bits per heavy atom. The van der Waals surface area contributed by atoms with Crippen molar-refractivity contribution in [2.75, 3.05) is 6.54 Å². The topological polar surface area (TPSA) is 98.7 Å². The number of carboxylic acid groups (broad SMARTS) is 1. The Morgan fingerprint density at radius 2 is 2.05 bits per heavy atom. The molecule has 0 spiro atoms. The zero-order valence-corrected chi connectivity index (χ0v) is 12.5. The molecule has 0 aromatic carbocycles. The van der Waals surface area contributed by atoms with Gasteiger partial charge in [0.2, 0.25) is 0 Å². The molecule has 1 saturated carbocycles. The summed E-state index contributed by atoms with van der Waals surface area (Å²) in [5.41, 5.74) is -1.19. The number of nitrogens with one attached hydrogen (secondary N) is 2. The Morgan fingerprint density at radius 3 is 2.60 bits per heavy atom. The highest BCUT2D eigenvalue weighted by Crippen LogP contribution is 2.34. The third-order valence-corrected chi connectivity index (χ3v) is 3.70. The van der Waals surface area contributed by atoms with Crippen LogP contribution >= 0.6 is 0 Å². The first kappa shape index (κ1) is 16.8. The lowest BCUT2D eigenvalue weighted by molar-refractivity contribution is -0.141. The lowest BCUT2D eigenvalue weighted by Gasteiger charge is -2.35. The van der Waals surface area contributed by atoms with Crippen LogP contribution in [0.4, 0.5) is 4.79 Å². The summed E-state index contributed by atoms with van der Waals surface area (Å²) in [4.78, 5) is 22.3. The largest absolute Gasteiger partial charge is 0.481 e. The van der Waals surface area contributed by atoms with E-state index >= 15 is 0 Å². The van der Waals surface area contributed by atoms with E-state index in [-0.39, 0.29) is 24.0 Å². The number of carboxylic acids is 1. The molecule has 0 heterocycles. The molecule has 0 radical (unpaired) electrons. The van der Waals surface area contributed by atoms with E-state index in [1.54, 1.807) is 0 Å². The van der Waals surface area contributed by atoms with Crippen molar-refractivity contribution >= 4 is 12.0 Å². The van der Waals surface area contributed by atoms with Gasteiger partial charge in [0.1, 0.15) is 0 Å². The Kier molecular flexibility index (Phi) is 5.39. The van der Waals surface area contributed by atoms with Crippen molar-refractivity contribution in [2.24, 2.45) is 5.41 Å². The Balaban J connectivity index is 2.35. The Labute approximate surface area is 119 Å². The van der Waals surface area contributed by atoms with Crippen molar-refractivity contribution in [3.05, 3.63) is 0 Å². The summed E-state index contributed by atoms with van der Waals surface area (Å²) in [5, 5.41) is 23.9. The highest BCUT2D eigenvalue weighted by Gasteiger charge is 2.29. The molecule has 4 N–H and O–H groups in total. The SMILES string of the molecule is CC1(C)CCCC(NC(=O)NCC(C)(O)CC(=O)O)C1. The monoisotopic (exact) mass is 286 g/mol. The second kappa shape index (κ2) is 6.43. The van der Waals surface area contributed by atoms with Gasteiger partial charge in [-0.05, 0) is 31.6 Å². The zero-order valence-electron chi connectivity index (χ0n) is 12.5. The second-order valence-electron chi connectivity index (χ2n) is 6.85. The van der Waals surface area contributed by atoms with Crippen LogP contribution in [0.5, 0.6) is 0 Å². The van der Waals surface area contributed by atoms with Crippen molar-refractivity contribution in [3.8, 4) is 0 Å². The van der Waals surface area contributed by atoms with Gasteiger partial charge in [-0.2, -0.15) is 0 Å². The molecule has 1 fully saturated rings. The number of carbonyl (C=O) groups excluding carboxylic acids is 1. The summed E-state index contributed by atoms with van der Waals surface area (Å²) in [6, 6.07) is -0.207. The first-order valence-corrected chi connectivity index (χ1v) is 7.08.